The molecule has 1 atom stereocenters. The highest BCUT2D eigenvalue weighted by Crippen LogP contribution is 2.42. The number of aryl methyl sites for hydroxylation is 1. The van der Waals surface area contributed by atoms with Crippen molar-refractivity contribution in [2.45, 2.75) is 37.7 Å². The Kier molecular flexibility index (Phi) is 4.86. The van der Waals surface area contributed by atoms with E-state index in [9.17, 15) is 4.79 Å². The van der Waals surface area contributed by atoms with Crippen molar-refractivity contribution in [3.05, 3.63) is 59.5 Å². The van der Waals surface area contributed by atoms with Gasteiger partial charge in [-0.25, -0.2) is 0 Å². The van der Waals surface area contributed by atoms with Gasteiger partial charge >= 0.3 is 0 Å². The number of amides is 1. The van der Waals surface area contributed by atoms with E-state index in [1.807, 2.05) is 19.1 Å². The van der Waals surface area contributed by atoms with Crippen LogP contribution in [-0.4, -0.2) is 40.6 Å². The van der Waals surface area contributed by atoms with Crippen molar-refractivity contribution in [2.75, 3.05) is 18.8 Å². The largest absolute Gasteiger partial charge is 0.463 e. The molecule has 4 rings (SSSR count). The average molecular weight is 356 g/mol. The molecule has 1 amide bonds. The highest BCUT2D eigenvalue weighted by molar-refractivity contribution is 8.00. The Balaban J connectivity index is 1.40. The van der Waals surface area contributed by atoms with Crippen molar-refractivity contribution >= 4 is 17.7 Å². The minimum atomic E-state index is 0.0480. The predicted molar refractivity (Wildman–Crippen MR) is 100 cm³/mol. The Hall–Kier alpha value is -1.72. The zero-order chi connectivity index (χ0) is 17.2. The van der Waals surface area contributed by atoms with E-state index in [0.717, 1.165) is 44.0 Å². The first-order valence-electron chi connectivity index (χ1n) is 8.96. The first-order chi connectivity index (χ1) is 12.2. The van der Waals surface area contributed by atoms with Crippen LogP contribution in [0.15, 0.2) is 46.9 Å². The summed E-state index contributed by atoms with van der Waals surface area (Å²) in [6, 6.07) is 14.9. The van der Waals surface area contributed by atoms with Crippen LogP contribution >= 0.6 is 11.8 Å². The lowest BCUT2D eigenvalue weighted by molar-refractivity contribution is -0.131. The standard InChI is InChI=1S/C20H24N2O2S/c1-15-7-8-18(24-15)20-22(19(23)14-25-20)17-9-11-21(12-10-17)13-16-5-3-2-4-6-16/h2-8,17,20H,9-14H2,1H3. The van der Waals surface area contributed by atoms with E-state index in [-0.39, 0.29) is 11.3 Å². The number of nitrogens with zero attached hydrogens (tertiary/aromatic N) is 2. The fraction of sp³-hybridized carbons (Fsp3) is 0.450. The van der Waals surface area contributed by atoms with Crippen molar-refractivity contribution < 1.29 is 9.21 Å². The van der Waals surface area contributed by atoms with E-state index in [1.165, 1.54) is 5.56 Å². The molecule has 2 aliphatic rings. The molecule has 0 aliphatic carbocycles. The highest BCUT2D eigenvalue weighted by atomic mass is 32.2. The molecule has 2 fully saturated rings. The SMILES string of the molecule is Cc1ccc(C2SCC(=O)N2C2CCN(Cc3ccccc3)CC2)o1. The van der Waals surface area contributed by atoms with Gasteiger partial charge in [-0.15, -0.1) is 11.8 Å². The minimum absolute atomic E-state index is 0.0480. The van der Waals surface area contributed by atoms with E-state index < -0.39 is 0 Å². The number of hydrogen-bond donors (Lipinski definition) is 0. The van der Waals surface area contributed by atoms with Crippen LogP contribution in [0.1, 0.15) is 35.3 Å². The molecule has 3 heterocycles. The Labute approximate surface area is 153 Å². The van der Waals surface area contributed by atoms with Gasteiger partial charge in [0.2, 0.25) is 5.91 Å². The molecule has 25 heavy (non-hydrogen) atoms. The maximum absolute atomic E-state index is 12.5. The van der Waals surface area contributed by atoms with Crippen molar-refractivity contribution in [1.29, 1.82) is 0 Å². The monoisotopic (exact) mass is 356 g/mol. The van der Waals surface area contributed by atoms with Gasteiger partial charge in [0, 0.05) is 25.7 Å². The number of rotatable bonds is 4. The third-order valence-electron chi connectivity index (χ3n) is 5.11. The number of likely N-dealkylation sites (tertiary alicyclic amines) is 1. The summed E-state index contributed by atoms with van der Waals surface area (Å²) in [5.74, 6) is 2.65. The molecule has 2 saturated heterocycles. The zero-order valence-electron chi connectivity index (χ0n) is 14.6. The lowest BCUT2D eigenvalue weighted by Crippen LogP contribution is -2.46. The van der Waals surface area contributed by atoms with Gasteiger partial charge in [0.05, 0.1) is 5.75 Å². The number of piperidine rings is 1. The topological polar surface area (TPSA) is 36.7 Å². The summed E-state index contributed by atoms with van der Waals surface area (Å²) in [4.78, 5) is 17.1. The molecule has 1 aromatic heterocycles. The third-order valence-corrected chi connectivity index (χ3v) is 6.30. The Bertz CT molecular complexity index is 722. The van der Waals surface area contributed by atoms with Gasteiger partial charge in [0.15, 0.2) is 0 Å². The smallest absolute Gasteiger partial charge is 0.234 e. The number of benzene rings is 1. The molecule has 2 aromatic rings. The van der Waals surface area contributed by atoms with Gasteiger partial charge in [-0.05, 0) is 37.5 Å². The van der Waals surface area contributed by atoms with Crippen LogP contribution in [0.4, 0.5) is 0 Å². The second-order valence-electron chi connectivity index (χ2n) is 6.91. The molecule has 0 spiro atoms. The summed E-state index contributed by atoms with van der Waals surface area (Å²) in [6.45, 7) is 5.03. The molecular formula is C20H24N2O2S. The molecule has 2 aliphatic heterocycles. The summed E-state index contributed by atoms with van der Waals surface area (Å²) >= 11 is 1.69. The first kappa shape index (κ1) is 16.7. The van der Waals surface area contributed by atoms with Gasteiger partial charge in [-0.1, -0.05) is 30.3 Å². The van der Waals surface area contributed by atoms with Crippen LogP contribution in [-0.2, 0) is 11.3 Å². The van der Waals surface area contributed by atoms with Gasteiger partial charge in [-0.3, -0.25) is 9.69 Å². The summed E-state index contributed by atoms with van der Waals surface area (Å²) < 4.78 is 5.81. The van der Waals surface area contributed by atoms with E-state index >= 15 is 0 Å². The summed E-state index contributed by atoms with van der Waals surface area (Å²) in [5.41, 5.74) is 1.36. The number of hydrogen-bond acceptors (Lipinski definition) is 4. The van der Waals surface area contributed by atoms with E-state index in [1.54, 1.807) is 11.8 Å². The molecule has 0 N–H and O–H groups in total. The molecule has 132 valence electrons. The second-order valence-corrected chi connectivity index (χ2v) is 7.97. The van der Waals surface area contributed by atoms with E-state index in [2.05, 4.69) is 40.1 Å². The summed E-state index contributed by atoms with van der Waals surface area (Å²) in [6.07, 6.45) is 2.07. The van der Waals surface area contributed by atoms with E-state index in [0.29, 0.717) is 11.8 Å². The lowest BCUT2D eigenvalue weighted by Gasteiger charge is -2.38. The Morgan fingerprint density at radius 2 is 1.88 bits per heavy atom. The quantitative estimate of drug-likeness (QED) is 0.834. The molecule has 1 aromatic carbocycles. The lowest BCUT2D eigenvalue weighted by atomic mass is 10.0. The van der Waals surface area contributed by atoms with Crippen molar-refractivity contribution in [1.82, 2.24) is 9.80 Å². The van der Waals surface area contributed by atoms with Crippen LogP contribution in [0.5, 0.6) is 0 Å². The number of furan rings is 1. The van der Waals surface area contributed by atoms with Crippen LogP contribution in [0.3, 0.4) is 0 Å². The molecular weight excluding hydrogens is 332 g/mol. The molecule has 0 bridgehead atoms. The molecule has 0 saturated carbocycles. The van der Waals surface area contributed by atoms with E-state index in [4.69, 9.17) is 4.42 Å². The number of thioether (sulfide) groups is 1. The van der Waals surface area contributed by atoms with Crippen LogP contribution < -0.4 is 0 Å². The molecule has 4 nitrogen and oxygen atoms in total. The predicted octanol–water partition coefficient (Wildman–Crippen LogP) is 3.83. The van der Waals surface area contributed by atoms with Gasteiger partial charge < -0.3 is 9.32 Å². The number of carbonyl (C=O) groups is 1. The van der Waals surface area contributed by atoms with Crippen LogP contribution in [0.2, 0.25) is 0 Å². The second kappa shape index (κ2) is 7.26. The Morgan fingerprint density at radius 1 is 1.12 bits per heavy atom. The van der Waals surface area contributed by atoms with Crippen molar-refractivity contribution in [2.24, 2.45) is 0 Å². The normalized spacial score (nSPS) is 22.7. The Morgan fingerprint density at radius 3 is 2.56 bits per heavy atom. The summed E-state index contributed by atoms with van der Waals surface area (Å²) in [7, 11) is 0. The maximum Gasteiger partial charge on any atom is 0.234 e. The summed E-state index contributed by atoms with van der Waals surface area (Å²) in [5, 5.41) is 0.0480. The fourth-order valence-electron chi connectivity index (χ4n) is 3.83. The molecule has 5 heteroatoms. The average Bonchev–Trinajstić information content (AvgIpc) is 3.22. The van der Waals surface area contributed by atoms with Gasteiger partial charge in [0.1, 0.15) is 16.9 Å². The number of carbonyl (C=O) groups excluding carboxylic acids is 1. The third kappa shape index (κ3) is 3.62. The van der Waals surface area contributed by atoms with Crippen LogP contribution in [0.25, 0.3) is 0 Å². The highest BCUT2D eigenvalue weighted by Gasteiger charge is 2.40. The first-order valence-corrected chi connectivity index (χ1v) is 10.0. The maximum atomic E-state index is 12.5. The van der Waals surface area contributed by atoms with Gasteiger partial charge in [-0.2, -0.15) is 0 Å². The van der Waals surface area contributed by atoms with Crippen molar-refractivity contribution in [3.63, 3.8) is 0 Å². The fourth-order valence-corrected chi connectivity index (χ4v) is 5.02. The van der Waals surface area contributed by atoms with Crippen LogP contribution in [0, 0.1) is 6.92 Å². The molecule has 1 unspecified atom stereocenters. The molecule has 0 radical (unpaired) electrons. The zero-order valence-corrected chi connectivity index (χ0v) is 15.4. The van der Waals surface area contributed by atoms with Crippen molar-refractivity contribution in [3.8, 4) is 0 Å². The minimum Gasteiger partial charge on any atom is -0.463 e. The van der Waals surface area contributed by atoms with Gasteiger partial charge in [0.25, 0.3) is 0 Å².